The second kappa shape index (κ2) is 8.29. The highest BCUT2D eigenvalue weighted by molar-refractivity contribution is 9.10. The van der Waals surface area contributed by atoms with Crippen LogP contribution in [0.1, 0.15) is 20.9 Å². The molecule has 1 amide bonds. The molecule has 0 radical (unpaired) electrons. The minimum atomic E-state index is -0.216. The van der Waals surface area contributed by atoms with Gasteiger partial charge in [-0.1, -0.05) is 33.3 Å². The van der Waals surface area contributed by atoms with Gasteiger partial charge in [0.1, 0.15) is 5.01 Å². The number of rotatable bonds is 6. The van der Waals surface area contributed by atoms with Crippen LogP contribution in [0.15, 0.2) is 46.9 Å². The minimum absolute atomic E-state index is 0.216. The van der Waals surface area contributed by atoms with E-state index in [2.05, 4.69) is 31.4 Å². The van der Waals surface area contributed by atoms with E-state index in [0.29, 0.717) is 28.6 Å². The average molecular weight is 434 g/mol. The summed E-state index contributed by atoms with van der Waals surface area (Å²) >= 11 is 4.69. The monoisotopic (exact) mass is 433 g/mol. The molecule has 3 rings (SSSR count). The molecule has 6 nitrogen and oxygen atoms in total. The third-order valence-corrected chi connectivity index (χ3v) is 4.96. The number of ether oxygens (including phenoxy) is 2. The lowest BCUT2D eigenvalue weighted by atomic mass is 10.1. The van der Waals surface area contributed by atoms with Crippen LogP contribution >= 0.6 is 27.3 Å². The molecule has 1 N–H and O–H groups in total. The van der Waals surface area contributed by atoms with Crippen LogP contribution in [0.4, 0.5) is 5.13 Å². The zero-order chi connectivity index (χ0) is 18.5. The van der Waals surface area contributed by atoms with Crippen LogP contribution in [0.3, 0.4) is 0 Å². The van der Waals surface area contributed by atoms with Crippen LogP contribution in [-0.4, -0.2) is 30.3 Å². The largest absolute Gasteiger partial charge is 0.493 e. The third-order valence-electron chi connectivity index (χ3n) is 3.60. The summed E-state index contributed by atoms with van der Waals surface area (Å²) in [5.41, 5.74) is 1.58. The minimum Gasteiger partial charge on any atom is -0.493 e. The topological polar surface area (TPSA) is 73.3 Å². The number of methoxy groups -OCH3 is 2. The second-order valence-corrected chi connectivity index (χ2v) is 7.31. The number of benzene rings is 2. The number of amides is 1. The van der Waals surface area contributed by atoms with Gasteiger partial charge in [0, 0.05) is 16.5 Å². The zero-order valence-electron chi connectivity index (χ0n) is 14.2. The Morgan fingerprint density at radius 1 is 1.08 bits per heavy atom. The first-order valence-electron chi connectivity index (χ1n) is 7.69. The van der Waals surface area contributed by atoms with E-state index in [0.717, 1.165) is 15.0 Å². The molecule has 1 heterocycles. The van der Waals surface area contributed by atoms with Gasteiger partial charge in [-0.2, -0.15) is 0 Å². The summed E-state index contributed by atoms with van der Waals surface area (Å²) in [6, 6.07) is 12.8. The van der Waals surface area contributed by atoms with Crippen molar-refractivity contribution in [2.45, 2.75) is 6.42 Å². The van der Waals surface area contributed by atoms with Gasteiger partial charge in [0.05, 0.1) is 14.2 Å². The lowest BCUT2D eigenvalue weighted by Crippen LogP contribution is -2.11. The molecule has 0 saturated carbocycles. The predicted molar refractivity (Wildman–Crippen MR) is 104 cm³/mol. The fourth-order valence-electron chi connectivity index (χ4n) is 2.31. The van der Waals surface area contributed by atoms with Crippen LogP contribution in [-0.2, 0) is 6.42 Å². The summed E-state index contributed by atoms with van der Waals surface area (Å²) in [6.45, 7) is 0. The van der Waals surface area contributed by atoms with E-state index < -0.39 is 0 Å². The van der Waals surface area contributed by atoms with Gasteiger partial charge in [-0.15, -0.1) is 10.2 Å². The normalized spacial score (nSPS) is 10.4. The molecule has 26 heavy (non-hydrogen) atoms. The fraction of sp³-hybridized carbons (Fsp3) is 0.167. The van der Waals surface area contributed by atoms with Crippen molar-refractivity contribution in [3.63, 3.8) is 0 Å². The first-order valence-corrected chi connectivity index (χ1v) is 9.30. The maximum atomic E-state index is 12.2. The zero-order valence-corrected chi connectivity index (χ0v) is 16.6. The Balaban J connectivity index is 1.68. The Morgan fingerprint density at radius 3 is 2.50 bits per heavy atom. The molecular formula is C18H16BrN3O3S. The molecule has 0 bridgehead atoms. The van der Waals surface area contributed by atoms with Crippen molar-refractivity contribution in [2.24, 2.45) is 0 Å². The molecule has 2 aromatic carbocycles. The average Bonchev–Trinajstić information content (AvgIpc) is 3.08. The van der Waals surface area contributed by atoms with E-state index in [1.165, 1.54) is 11.3 Å². The fourth-order valence-corrected chi connectivity index (χ4v) is 3.34. The van der Waals surface area contributed by atoms with Crippen molar-refractivity contribution in [1.29, 1.82) is 0 Å². The number of halogens is 1. The molecule has 0 fully saturated rings. The Hall–Kier alpha value is -2.45. The van der Waals surface area contributed by atoms with Gasteiger partial charge in [0.25, 0.3) is 5.91 Å². The Morgan fingerprint density at radius 2 is 1.81 bits per heavy atom. The maximum Gasteiger partial charge on any atom is 0.257 e. The summed E-state index contributed by atoms with van der Waals surface area (Å²) in [7, 11) is 3.20. The number of anilines is 1. The van der Waals surface area contributed by atoms with Gasteiger partial charge in [-0.05, 0) is 42.0 Å². The van der Waals surface area contributed by atoms with Crippen molar-refractivity contribution < 1.29 is 14.3 Å². The summed E-state index contributed by atoms with van der Waals surface area (Å²) in [4.78, 5) is 12.2. The van der Waals surface area contributed by atoms with Crippen molar-refractivity contribution in [1.82, 2.24) is 10.2 Å². The number of carbonyl (C=O) groups excluding carboxylic acids is 1. The standard InChI is InChI=1S/C18H16BrN3O3S/c1-24-14-8-3-11(9-15(14)25-2)10-16-21-22-18(26-16)20-17(23)12-4-6-13(19)7-5-12/h3-9H,10H2,1-2H3,(H,20,22,23). The van der Waals surface area contributed by atoms with E-state index >= 15 is 0 Å². The highest BCUT2D eigenvalue weighted by Gasteiger charge is 2.12. The van der Waals surface area contributed by atoms with Crippen molar-refractivity contribution in [3.05, 3.63) is 63.1 Å². The van der Waals surface area contributed by atoms with Crippen LogP contribution in [0.2, 0.25) is 0 Å². The third kappa shape index (κ3) is 4.39. The Bertz CT molecular complexity index is 912. The lowest BCUT2D eigenvalue weighted by molar-refractivity contribution is 0.102. The number of hydrogen-bond donors (Lipinski definition) is 1. The molecule has 1 aromatic heterocycles. The van der Waals surface area contributed by atoms with Crippen molar-refractivity contribution in [2.75, 3.05) is 19.5 Å². The van der Waals surface area contributed by atoms with Gasteiger partial charge in [-0.3, -0.25) is 10.1 Å². The summed E-state index contributed by atoms with van der Waals surface area (Å²) in [6.07, 6.45) is 0.589. The molecule has 0 aliphatic heterocycles. The quantitative estimate of drug-likeness (QED) is 0.631. The number of aromatic nitrogens is 2. The summed E-state index contributed by atoms with van der Waals surface area (Å²) in [5, 5.41) is 12.2. The molecule has 8 heteroatoms. The molecular weight excluding hydrogens is 418 g/mol. The van der Waals surface area contributed by atoms with E-state index in [4.69, 9.17) is 9.47 Å². The number of carbonyl (C=O) groups is 1. The predicted octanol–water partition coefficient (Wildman–Crippen LogP) is 4.16. The second-order valence-electron chi connectivity index (χ2n) is 5.33. The molecule has 0 spiro atoms. The molecule has 134 valence electrons. The SMILES string of the molecule is COc1ccc(Cc2nnc(NC(=O)c3ccc(Br)cc3)s2)cc1OC. The molecule has 3 aromatic rings. The van der Waals surface area contributed by atoms with E-state index in [1.54, 1.807) is 26.4 Å². The van der Waals surface area contributed by atoms with Gasteiger partial charge in [0.2, 0.25) is 5.13 Å². The summed E-state index contributed by atoms with van der Waals surface area (Å²) in [5.74, 6) is 1.13. The van der Waals surface area contributed by atoms with Gasteiger partial charge in [0.15, 0.2) is 11.5 Å². The maximum absolute atomic E-state index is 12.2. The number of hydrogen-bond acceptors (Lipinski definition) is 6. The van der Waals surface area contributed by atoms with E-state index in [9.17, 15) is 4.79 Å². The van der Waals surface area contributed by atoms with Crippen molar-refractivity contribution in [3.8, 4) is 11.5 Å². The first kappa shape index (κ1) is 18.3. The molecule has 0 aliphatic carbocycles. The lowest BCUT2D eigenvalue weighted by Gasteiger charge is -2.08. The summed E-state index contributed by atoms with van der Waals surface area (Å²) < 4.78 is 11.5. The van der Waals surface area contributed by atoms with Gasteiger partial charge >= 0.3 is 0 Å². The molecule has 0 unspecified atom stereocenters. The van der Waals surface area contributed by atoms with Gasteiger partial charge < -0.3 is 9.47 Å². The van der Waals surface area contributed by atoms with Crippen molar-refractivity contribution >= 4 is 38.3 Å². The highest BCUT2D eigenvalue weighted by atomic mass is 79.9. The molecule has 0 aliphatic rings. The van der Waals surface area contributed by atoms with Crippen LogP contribution < -0.4 is 14.8 Å². The molecule has 0 atom stereocenters. The Kier molecular flexibility index (Phi) is 5.85. The van der Waals surface area contributed by atoms with E-state index in [1.807, 2.05) is 30.3 Å². The highest BCUT2D eigenvalue weighted by Crippen LogP contribution is 2.29. The smallest absolute Gasteiger partial charge is 0.257 e. The van der Waals surface area contributed by atoms with Crippen LogP contribution in [0.25, 0.3) is 0 Å². The molecule has 0 saturated heterocycles. The Labute approximate surface area is 163 Å². The van der Waals surface area contributed by atoms with Crippen LogP contribution in [0.5, 0.6) is 11.5 Å². The number of nitrogens with one attached hydrogen (secondary N) is 1. The first-order chi connectivity index (χ1) is 12.6. The number of nitrogens with zero attached hydrogens (tertiary/aromatic N) is 2. The van der Waals surface area contributed by atoms with Gasteiger partial charge in [-0.25, -0.2) is 0 Å². The van der Waals surface area contributed by atoms with Crippen LogP contribution in [0, 0.1) is 0 Å². The van der Waals surface area contributed by atoms with E-state index in [-0.39, 0.29) is 5.91 Å².